The van der Waals surface area contributed by atoms with Crippen LogP contribution in [0.2, 0.25) is 0 Å². The highest BCUT2D eigenvalue weighted by atomic mass is 16.2. The molecule has 0 unspecified atom stereocenters. The number of ketones is 1. The number of amides is 4. The summed E-state index contributed by atoms with van der Waals surface area (Å²) in [6, 6.07) is 23.8. The lowest BCUT2D eigenvalue weighted by molar-refractivity contribution is -0.121. The molecule has 0 bridgehead atoms. The molecule has 0 heterocycles. The zero-order chi connectivity index (χ0) is 24.5. The molecule has 0 aliphatic heterocycles. The summed E-state index contributed by atoms with van der Waals surface area (Å²) in [5.41, 5.74) is 2.14. The summed E-state index contributed by atoms with van der Waals surface area (Å²) >= 11 is 0. The fourth-order valence-electron chi connectivity index (χ4n) is 3.21. The van der Waals surface area contributed by atoms with Crippen LogP contribution in [0, 0.1) is 0 Å². The number of hydrogen-bond donors (Lipinski definition) is 2. The van der Waals surface area contributed by atoms with Gasteiger partial charge in [-0.1, -0.05) is 48.5 Å². The quantitative estimate of drug-likeness (QED) is 0.503. The third kappa shape index (κ3) is 6.52. The normalized spacial score (nSPS) is 10.2. The molecule has 0 fully saturated rings. The summed E-state index contributed by atoms with van der Waals surface area (Å²) < 4.78 is 0. The first-order valence-corrected chi connectivity index (χ1v) is 10.7. The van der Waals surface area contributed by atoms with Crippen LogP contribution < -0.4 is 20.4 Å². The second-order valence-electron chi connectivity index (χ2n) is 7.55. The number of rotatable bonds is 8. The molecular weight excluding hydrogens is 432 g/mol. The summed E-state index contributed by atoms with van der Waals surface area (Å²) in [6.07, 6.45) is 0. The number of benzene rings is 3. The number of anilines is 3. The number of para-hydroxylation sites is 2. The fourth-order valence-corrected chi connectivity index (χ4v) is 3.21. The molecule has 34 heavy (non-hydrogen) atoms. The van der Waals surface area contributed by atoms with Crippen LogP contribution in [0.15, 0.2) is 84.9 Å². The number of nitrogens with zero attached hydrogens (tertiary/aromatic N) is 2. The first kappa shape index (κ1) is 24.2. The molecule has 0 radical (unpaired) electrons. The third-order valence-corrected chi connectivity index (χ3v) is 5.11. The Morgan fingerprint density at radius 2 is 1.38 bits per heavy atom. The zero-order valence-corrected chi connectivity index (χ0v) is 19.0. The maximum Gasteiger partial charge on any atom is 0.319 e. The Labute approximate surface area is 198 Å². The predicted molar refractivity (Wildman–Crippen MR) is 132 cm³/mol. The van der Waals surface area contributed by atoms with Crippen molar-refractivity contribution in [2.24, 2.45) is 0 Å². The molecule has 8 heteroatoms. The van der Waals surface area contributed by atoms with E-state index in [4.69, 9.17) is 0 Å². The fraction of sp³-hybridized carbons (Fsp3) is 0.154. The van der Waals surface area contributed by atoms with Gasteiger partial charge in [0.05, 0.1) is 6.54 Å². The molecule has 8 nitrogen and oxygen atoms in total. The van der Waals surface area contributed by atoms with Gasteiger partial charge in [-0.25, -0.2) is 4.79 Å². The van der Waals surface area contributed by atoms with Gasteiger partial charge in [-0.2, -0.15) is 0 Å². The number of hydrogen-bond acceptors (Lipinski definition) is 4. The predicted octanol–water partition coefficient (Wildman–Crippen LogP) is 3.71. The molecule has 4 amide bonds. The minimum absolute atomic E-state index is 0.122. The lowest BCUT2D eigenvalue weighted by atomic mass is 10.1. The van der Waals surface area contributed by atoms with E-state index in [1.54, 1.807) is 67.7 Å². The summed E-state index contributed by atoms with van der Waals surface area (Å²) in [5, 5.41) is 5.12. The Kier molecular flexibility index (Phi) is 8.12. The minimum atomic E-state index is -0.602. The van der Waals surface area contributed by atoms with Crippen molar-refractivity contribution in [1.82, 2.24) is 5.32 Å². The van der Waals surface area contributed by atoms with E-state index < -0.39 is 11.9 Å². The smallest absolute Gasteiger partial charge is 0.319 e. The van der Waals surface area contributed by atoms with E-state index in [0.717, 1.165) is 0 Å². The standard InChI is InChI=1S/C26H26N4O4/c1-19(31)20-10-9-11-21(16-20)28-26(34)27-17-24(32)30(23-14-7-4-8-15-23)18-25(33)29(2)22-12-5-3-6-13-22/h3-16H,17-18H2,1-2H3,(H2,27,28,34). The highest BCUT2D eigenvalue weighted by Crippen LogP contribution is 2.16. The van der Waals surface area contributed by atoms with E-state index in [-0.39, 0.29) is 24.8 Å². The molecule has 0 aliphatic carbocycles. The van der Waals surface area contributed by atoms with Gasteiger partial charge in [0.2, 0.25) is 11.8 Å². The van der Waals surface area contributed by atoms with Crippen molar-refractivity contribution in [2.45, 2.75) is 6.92 Å². The molecule has 0 spiro atoms. The van der Waals surface area contributed by atoms with Gasteiger partial charge in [-0.3, -0.25) is 14.4 Å². The van der Waals surface area contributed by atoms with Crippen LogP contribution in [-0.2, 0) is 9.59 Å². The van der Waals surface area contributed by atoms with Crippen molar-refractivity contribution >= 4 is 40.7 Å². The number of Topliss-reactive ketones (excluding diaryl/α,β-unsaturated/α-hetero) is 1. The zero-order valence-electron chi connectivity index (χ0n) is 19.0. The number of urea groups is 1. The average Bonchev–Trinajstić information content (AvgIpc) is 2.86. The van der Waals surface area contributed by atoms with Crippen LogP contribution in [0.3, 0.4) is 0 Å². The second-order valence-corrected chi connectivity index (χ2v) is 7.55. The van der Waals surface area contributed by atoms with Crippen molar-refractivity contribution < 1.29 is 19.2 Å². The maximum absolute atomic E-state index is 13.0. The molecule has 174 valence electrons. The highest BCUT2D eigenvalue weighted by molar-refractivity contribution is 6.05. The number of likely N-dealkylation sites (N-methyl/N-ethyl adjacent to an activating group) is 1. The highest BCUT2D eigenvalue weighted by Gasteiger charge is 2.22. The van der Waals surface area contributed by atoms with E-state index in [1.165, 1.54) is 16.7 Å². The number of nitrogens with one attached hydrogen (secondary N) is 2. The Morgan fingerprint density at radius 1 is 0.765 bits per heavy atom. The van der Waals surface area contributed by atoms with Crippen molar-refractivity contribution in [2.75, 3.05) is 35.3 Å². The molecule has 0 saturated heterocycles. The van der Waals surface area contributed by atoms with E-state index >= 15 is 0 Å². The van der Waals surface area contributed by atoms with E-state index in [1.807, 2.05) is 24.3 Å². The maximum atomic E-state index is 13.0. The lowest BCUT2D eigenvalue weighted by Gasteiger charge is -2.25. The molecule has 0 saturated carbocycles. The minimum Gasteiger partial charge on any atom is -0.329 e. The van der Waals surface area contributed by atoms with Gasteiger partial charge in [0.1, 0.15) is 6.54 Å². The van der Waals surface area contributed by atoms with E-state index in [2.05, 4.69) is 10.6 Å². The van der Waals surface area contributed by atoms with E-state index in [0.29, 0.717) is 22.6 Å². The largest absolute Gasteiger partial charge is 0.329 e. The Morgan fingerprint density at radius 3 is 2.00 bits per heavy atom. The van der Waals surface area contributed by atoms with Gasteiger partial charge in [0.25, 0.3) is 0 Å². The van der Waals surface area contributed by atoms with Crippen LogP contribution in [0.4, 0.5) is 21.9 Å². The van der Waals surface area contributed by atoms with Gasteiger partial charge in [0.15, 0.2) is 5.78 Å². The Bertz CT molecular complexity index is 1170. The summed E-state index contributed by atoms with van der Waals surface area (Å²) in [7, 11) is 1.65. The molecule has 0 atom stereocenters. The lowest BCUT2D eigenvalue weighted by Crippen LogP contribution is -2.46. The molecule has 3 rings (SSSR count). The van der Waals surface area contributed by atoms with Gasteiger partial charge in [-0.05, 0) is 43.3 Å². The summed E-state index contributed by atoms with van der Waals surface area (Å²) in [4.78, 5) is 52.6. The first-order valence-electron chi connectivity index (χ1n) is 10.7. The second kappa shape index (κ2) is 11.4. The van der Waals surface area contributed by atoms with Crippen molar-refractivity contribution in [3.05, 3.63) is 90.5 Å². The summed E-state index contributed by atoms with van der Waals surface area (Å²) in [5.74, 6) is -0.856. The van der Waals surface area contributed by atoms with Crippen LogP contribution >= 0.6 is 0 Å². The third-order valence-electron chi connectivity index (χ3n) is 5.11. The van der Waals surface area contributed by atoms with Crippen LogP contribution in [-0.4, -0.2) is 43.8 Å². The molecule has 3 aromatic rings. The SMILES string of the molecule is CC(=O)c1cccc(NC(=O)NCC(=O)N(CC(=O)N(C)c2ccccc2)c2ccccc2)c1. The molecule has 0 aliphatic rings. The van der Waals surface area contributed by atoms with Gasteiger partial charge >= 0.3 is 6.03 Å². The Hall–Kier alpha value is -4.46. The first-order chi connectivity index (χ1) is 16.3. The van der Waals surface area contributed by atoms with E-state index in [9.17, 15) is 19.2 Å². The molecular formula is C26H26N4O4. The van der Waals surface area contributed by atoms with Crippen molar-refractivity contribution in [3.63, 3.8) is 0 Å². The van der Waals surface area contributed by atoms with Gasteiger partial charge in [0, 0.05) is 29.7 Å². The Balaban J connectivity index is 1.66. The monoisotopic (exact) mass is 458 g/mol. The van der Waals surface area contributed by atoms with Crippen LogP contribution in [0.25, 0.3) is 0 Å². The van der Waals surface area contributed by atoms with Gasteiger partial charge < -0.3 is 20.4 Å². The molecule has 3 aromatic carbocycles. The van der Waals surface area contributed by atoms with Crippen LogP contribution in [0.1, 0.15) is 17.3 Å². The number of carbonyl (C=O) groups excluding carboxylic acids is 4. The van der Waals surface area contributed by atoms with Crippen molar-refractivity contribution in [3.8, 4) is 0 Å². The van der Waals surface area contributed by atoms with Gasteiger partial charge in [-0.15, -0.1) is 0 Å². The average molecular weight is 459 g/mol. The number of carbonyl (C=O) groups is 4. The van der Waals surface area contributed by atoms with Crippen LogP contribution in [0.5, 0.6) is 0 Å². The summed E-state index contributed by atoms with van der Waals surface area (Å²) in [6.45, 7) is 0.917. The molecule has 0 aromatic heterocycles. The van der Waals surface area contributed by atoms with Crippen molar-refractivity contribution in [1.29, 1.82) is 0 Å². The molecule has 2 N–H and O–H groups in total. The topological polar surface area (TPSA) is 98.8 Å².